The van der Waals surface area contributed by atoms with Gasteiger partial charge >= 0.3 is 0 Å². The lowest BCUT2D eigenvalue weighted by Gasteiger charge is -2.33. The Morgan fingerprint density at radius 2 is 1.47 bits per heavy atom. The van der Waals surface area contributed by atoms with Crippen LogP contribution in [-0.2, 0) is 0 Å². The van der Waals surface area contributed by atoms with Crippen molar-refractivity contribution in [1.29, 1.82) is 0 Å². The van der Waals surface area contributed by atoms with Crippen molar-refractivity contribution in [3.8, 4) is 0 Å². The molecule has 0 spiro atoms. The zero-order valence-corrected chi connectivity index (χ0v) is 11.5. The Morgan fingerprint density at radius 3 is 1.93 bits per heavy atom. The molecular weight excluding hydrogens is 184 g/mol. The van der Waals surface area contributed by atoms with Gasteiger partial charge in [-0.15, -0.1) is 0 Å². The predicted octanol–water partition coefficient (Wildman–Crippen LogP) is 2.79. The zero-order chi connectivity index (χ0) is 11.9. The molecule has 0 aromatic carbocycles. The SMILES string of the molecule is CCCNCCNC(C)(C)CC(C)(C)C. The average molecular weight is 214 g/mol. The van der Waals surface area contributed by atoms with Gasteiger partial charge < -0.3 is 10.6 Å². The highest BCUT2D eigenvalue weighted by Gasteiger charge is 2.24. The Hall–Kier alpha value is -0.0800. The Morgan fingerprint density at radius 1 is 0.867 bits per heavy atom. The molecule has 0 heterocycles. The van der Waals surface area contributed by atoms with E-state index in [2.05, 4.69) is 52.2 Å². The minimum Gasteiger partial charge on any atom is -0.315 e. The van der Waals surface area contributed by atoms with Gasteiger partial charge in [0.2, 0.25) is 0 Å². The Bertz CT molecular complexity index is 156. The maximum Gasteiger partial charge on any atom is 0.0130 e. The lowest BCUT2D eigenvalue weighted by molar-refractivity contribution is 0.243. The van der Waals surface area contributed by atoms with Gasteiger partial charge in [-0.3, -0.25) is 0 Å². The van der Waals surface area contributed by atoms with Gasteiger partial charge in [0.1, 0.15) is 0 Å². The van der Waals surface area contributed by atoms with Crippen molar-refractivity contribution in [2.45, 2.75) is 59.9 Å². The molecule has 0 saturated carbocycles. The second-order valence-electron chi connectivity index (χ2n) is 6.30. The van der Waals surface area contributed by atoms with Crippen LogP contribution in [0.2, 0.25) is 0 Å². The summed E-state index contributed by atoms with van der Waals surface area (Å²) in [6.07, 6.45) is 2.42. The third-order valence-corrected chi connectivity index (χ3v) is 2.30. The minimum absolute atomic E-state index is 0.242. The van der Waals surface area contributed by atoms with Crippen LogP contribution in [0.1, 0.15) is 54.4 Å². The molecule has 0 unspecified atom stereocenters. The molecular formula is C13H30N2. The molecule has 0 fully saturated rings. The summed E-state index contributed by atoms with van der Waals surface area (Å²) in [4.78, 5) is 0. The van der Waals surface area contributed by atoms with Crippen molar-refractivity contribution in [2.75, 3.05) is 19.6 Å². The van der Waals surface area contributed by atoms with Crippen LogP contribution in [0.25, 0.3) is 0 Å². The fraction of sp³-hybridized carbons (Fsp3) is 1.00. The lowest BCUT2D eigenvalue weighted by Crippen LogP contribution is -2.45. The molecule has 0 amide bonds. The van der Waals surface area contributed by atoms with Crippen LogP contribution in [0.4, 0.5) is 0 Å². The summed E-state index contributed by atoms with van der Waals surface area (Å²) in [5, 5.41) is 7.02. The van der Waals surface area contributed by atoms with Gasteiger partial charge in [-0.25, -0.2) is 0 Å². The van der Waals surface area contributed by atoms with Crippen LogP contribution in [-0.4, -0.2) is 25.2 Å². The van der Waals surface area contributed by atoms with E-state index in [1.165, 1.54) is 12.8 Å². The number of rotatable bonds is 7. The van der Waals surface area contributed by atoms with Crippen LogP contribution >= 0.6 is 0 Å². The third-order valence-electron chi connectivity index (χ3n) is 2.30. The van der Waals surface area contributed by atoms with Crippen LogP contribution in [0.15, 0.2) is 0 Å². The van der Waals surface area contributed by atoms with E-state index in [4.69, 9.17) is 0 Å². The monoisotopic (exact) mass is 214 g/mol. The fourth-order valence-corrected chi connectivity index (χ4v) is 2.18. The van der Waals surface area contributed by atoms with Crippen molar-refractivity contribution >= 4 is 0 Å². The summed E-state index contributed by atoms with van der Waals surface area (Å²) in [6.45, 7) is 16.9. The normalized spacial score (nSPS) is 13.2. The lowest BCUT2D eigenvalue weighted by atomic mass is 9.82. The largest absolute Gasteiger partial charge is 0.315 e. The molecule has 0 saturated heterocycles. The average Bonchev–Trinajstić information content (AvgIpc) is 1.99. The van der Waals surface area contributed by atoms with E-state index in [9.17, 15) is 0 Å². The van der Waals surface area contributed by atoms with E-state index in [-0.39, 0.29) is 5.54 Å². The van der Waals surface area contributed by atoms with Crippen molar-refractivity contribution in [3.05, 3.63) is 0 Å². The maximum atomic E-state index is 3.61. The molecule has 0 rings (SSSR count). The molecule has 0 aliphatic heterocycles. The Labute approximate surface area is 96.2 Å². The number of hydrogen-bond acceptors (Lipinski definition) is 2. The van der Waals surface area contributed by atoms with Gasteiger partial charge in [-0.05, 0) is 38.6 Å². The highest BCUT2D eigenvalue weighted by atomic mass is 15.0. The molecule has 0 aliphatic carbocycles. The second-order valence-corrected chi connectivity index (χ2v) is 6.30. The van der Waals surface area contributed by atoms with E-state index in [0.29, 0.717) is 5.41 Å². The zero-order valence-electron chi connectivity index (χ0n) is 11.5. The first-order chi connectivity index (χ1) is 6.77. The van der Waals surface area contributed by atoms with Crippen LogP contribution < -0.4 is 10.6 Å². The first kappa shape index (κ1) is 14.9. The summed E-state index contributed by atoms with van der Waals surface area (Å²) < 4.78 is 0. The van der Waals surface area contributed by atoms with Gasteiger partial charge in [0, 0.05) is 18.6 Å². The van der Waals surface area contributed by atoms with E-state index in [0.717, 1.165) is 19.6 Å². The van der Waals surface area contributed by atoms with E-state index >= 15 is 0 Å². The fourth-order valence-electron chi connectivity index (χ4n) is 2.18. The quantitative estimate of drug-likeness (QED) is 0.637. The molecule has 0 aromatic heterocycles. The van der Waals surface area contributed by atoms with Crippen LogP contribution in [0.5, 0.6) is 0 Å². The van der Waals surface area contributed by atoms with Crippen molar-refractivity contribution in [2.24, 2.45) is 5.41 Å². The third kappa shape index (κ3) is 10.2. The highest BCUT2D eigenvalue weighted by molar-refractivity contribution is 4.83. The number of nitrogens with one attached hydrogen (secondary N) is 2. The molecule has 92 valence electrons. The molecule has 0 bridgehead atoms. The minimum atomic E-state index is 0.242. The second kappa shape index (κ2) is 6.49. The van der Waals surface area contributed by atoms with Crippen LogP contribution in [0, 0.1) is 5.41 Å². The van der Waals surface area contributed by atoms with E-state index in [1.807, 2.05) is 0 Å². The summed E-state index contributed by atoms with van der Waals surface area (Å²) in [7, 11) is 0. The highest BCUT2D eigenvalue weighted by Crippen LogP contribution is 2.26. The topological polar surface area (TPSA) is 24.1 Å². The smallest absolute Gasteiger partial charge is 0.0130 e. The molecule has 0 atom stereocenters. The molecule has 0 aromatic rings. The summed E-state index contributed by atoms with van der Waals surface area (Å²) >= 11 is 0. The van der Waals surface area contributed by atoms with Gasteiger partial charge in [-0.2, -0.15) is 0 Å². The molecule has 15 heavy (non-hydrogen) atoms. The first-order valence-electron chi connectivity index (χ1n) is 6.22. The van der Waals surface area contributed by atoms with Crippen molar-refractivity contribution in [1.82, 2.24) is 10.6 Å². The van der Waals surface area contributed by atoms with E-state index in [1.54, 1.807) is 0 Å². The Kier molecular flexibility index (Phi) is 6.46. The molecule has 0 radical (unpaired) electrons. The molecule has 2 heteroatoms. The summed E-state index contributed by atoms with van der Waals surface area (Å²) in [5.41, 5.74) is 0.638. The number of hydrogen-bond donors (Lipinski definition) is 2. The molecule has 0 aliphatic rings. The first-order valence-corrected chi connectivity index (χ1v) is 6.22. The summed E-state index contributed by atoms with van der Waals surface area (Å²) in [6, 6.07) is 0. The maximum absolute atomic E-state index is 3.61. The standard InChI is InChI=1S/C13H30N2/c1-7-8-14-9-10-15-13(5,6)11-12(2,3)4/h14-15H,7-11H2,1-6H3. The van der Waals surface area contributed by atoms with Gasteiger partial charge in [0.15, 0.2) is 0 Å². The predicted molar refractivity (Wildman–Crippen MR) is 69.3 cm³/mol. The van der Waals surface area contributed by atoms with Gasteiger partial charge in [0.25, 0.3) is 0 Å². The molecule has 2 nitrogen and oxygen atoms in total. The molecule has 2 N–H and O–H groups in total. The van der Waals surface area contributed by atoms with Crippen molar-refractivity contribution in [3.63, 3.8) is 0 Å². The van der Waals surface area contributed by atoms with Crippen molar-refractivity contribution < 1.29 is 0 Å². The summed E-state index contributed by atoms with van der Waals surface area (Å²) in [5.74, 6) is 0. The van der Waals surface area contributed by atoms with E-state index < -0.39 is 0 Å². The van der Waals surface area contributed by atoms with Crippen LogP contribution in [0.3, 0.4) is 0 Å². The van der Waals surface area contributed by atoms with Gasteiger partial charge in [-0.1, -0.05) is 27.7 Å². The Balaban J connectivity index is 3.65. The van der Waals surface area contributed by atoms with Gasteiger partial charge in [0.05, 0.1) is 0 Å².